The van der Waals surface area contributed by atoms with Gasteiger partial charge < -0.3 is 20.1 Å². The van der Waals surface area contributed by atoms with Crippen molar-refractivity contribution in [3.63, 3.8) is 0 Å². The third kappa shape index (κ3) is 4.14. The molecule has 2 N–H and O–H groups in total. The maximum atomic E-state index is 6.10. The lowest BCUT2D eigenvalue weighted by Crippen LogP contribution is -2.67. The summed E-state index contributed by atoms with van der Waals surface area (Å²) in [6, 6.07) is 0.750. The van der Waals surface area contributed by atoms with E-state index in [9.17, 15) is 0 Å². The van der Waals surface area contributed by atoms with E-state index in [0.717, 1.165) is 50.0 Å². The average Bonchev–Trinajstić information content (AvgIpc) is 3.14. The van der Waals surface area contributed by atoms with Crippen LogP contribution in [-0.2, 0) is 29.0 Å². The Bertz CT molecular complexity index is 712. The molecule has 3 aliphatic rings. The molecule has 3 unspecified atom stereocenters. The fraction of sp³-hybridized carbons (Fsp3) is 0.857. The van der Waals surface area contributed by atoms with E-state index in [1.54, 1.807) is 7.11 Å². The largest absolute Gasteiger partial charge is 0.378 e. The van der Waals surface area contributed by atoms with Crippen molar-refractivity contribution in [3.8, 4) is 0 Å². The van der Waals surface area contributed by atoms with Crippen LogP contribution >= 0.6 is 0 Å². The average molecular weight is 405 g/mol. The Kier molecular flexibility index (Phi) is 6.39. The van der Waals surface area contributed by atoms with Crippen LogP contribution in [0.3, 0.4) is 0 Å². The summed E-state index contributed by atoms with van der Waals surface area (Å²) in [6.45, 7) is 4.19. The van der Waals surface area contributed by atoms with Gasteiger partial charge in [0.1, 0.15) is 12.4 Å². The molecule has 2 fully saturated rings. The van der Waals surface area contributed by atoms with Gasteiger partial charge in [0.05, 0.1) is 12.6 Å². The molecule has 2 saturated carbocycles. The van der Waals surface area contributed by atoms with E-state index in [2.05, 4.69) is 32.6 Å². The van der Waals surface area contributed by atoms with Crippen LogP contribution in [0.15, 0.2) is 4.99 Å². The van der Waals surface area contributed by atoms with Crippen molar-refractivity contribution >= 4 is 5.96 Å². The molecule has 1 spiro atoms. The van der Waals surface area contributed by atoms with Gasteiger partial charge in [-0.25, -0.2) is 9.67 Å². The lowest BCUT2D eigenvalue weighted by molar-refractivity contribution is -0.145. The minimum atomic E-state index is 0.284. The van der Waals surface area contributed by atoms with Crippen LogP contribution in [0.25, 0.3) is 0 Å². The summed E-state index contributed by atoms with van der Waals surface area (Å²) in [7, 11) is 3.54. The van der Waals surface area contributed by atoms with E-state index >= 15 is 0 Å². The van der Waals surface area contributed by atoms with Gasteiger partial charge in [-0.2, -0.15) is 5.10 Å². The normalized spacial score (nSPS) is 28.7. The van der Waals surface area contributed by atoms with Crippen molar-refractivity contribution in [1.29, 1.82) is 0 Å². The Balaban J connectivity index is 1.36. The monoisotopic (exact) mass is 404 g/mol. The molecule has 1 aliphatic heterocycles. The number of nitrogens with one attached hydrogen (secondary N) is 2. The van der Waals surface area contributed by atoms with Gasteiger partial charge in [-0.05, 0) is 32.6 Å². The molecule has 8 heteroatoms. The zero-order valence-corrected chi connectivity index (χ0v) is 18.1. The number of aryl methyl sites for hydroxylation is 1. The Morgan fingerprint density at radius 3 is 2.83 bits per heavy atom. The van der Waals surface area contributed by atoms with Crippen LogP contribution in [0.4, 0.5) is 0 Å². The fourth-order valence-corrected chi connectivity index (χ4v) is 5.46. The highest BCUT2D eigenvalue weighted by molar-refractivity contribution is 5.80. The molecule has 0 saturated heterocycles. The number of hydrogen-bond donors (Lipinski definition) is 2. The minimum Gasteiger partial charge on any atom is -0.378 e. The first-order chi connectivity index (χ1) is 14.2. The number of aromatic nitrogens is 3. The maximum absolute atomic E-state index is 6.10. The summed E-state index contributed by atoms with van der Waals surface area (Å²) in [6.07, 6.45) is 9.94. The van der Waals surface area contributed by atoms with Crippen molar-refractivity contribution in [1.82, 2.24) is 25.4 Å². The van der Waals surface area contributed by atoms with Crippen molar-refractivity contribution in [2.75, 3.05) is 20.8 Å². The van der Waals surface area contributed by atoms with Crippen LogP contribution in [-0.4, -0.2) is 59.7 Å². The molecule has 8 nitrogen and oxygen atoms in total. The summed E-state index contributed by atoms with van der Waals surface area (Å²) in [4.78, 5) is 9.10. The Labute approximate surface area is 173 Å². The van der Waals surface area contributed by atoms with Crippen LogP contribution in [0.5, 0.6) is 0 Å². The molecule has 0 radical (unpaired) electrons. The smallest absolute Gasteiger partial charge is 0.191 e. The van der Waals surface area contributed by atoms with E-state index < -0.39 is 0 Å². The van der Waals surface area contributed by atoms with Crippen molar-refractivity contribution in [2.45, 2.75) is 89.6 Å². The maximum Gasteiger partial charge on any atom is 0.191 e. The van der Waals surface area contributed by atoms with Crippen molar-refractivity contribution in [2.24, 2.45) is 10.4 Å². The zero-order chi connectivity index (χ0) is 20.3. The van der Waals surface area contributed by atoms with Gasteiger partial charge >= 0.3 is 0 Å². The molecule has 4 rings (SSSR count). The minimum absolute atomic E-state index is 0.284. The first-order valence-corrected chi connectivity index (χ1v) is 11.2. The van der Waals surface area contributed by atoms with E-state index in [4.69, 9.17) is 9.47 Å². The SMILES string of the molecule is CCOC1CC(NC(=NC)NC2CCc3nc(COC)nn3C2)C12CCCCC2. The van der Waals surface area contributed by atoms with Gasteiger partial charge in [0.2, 0.25) is 0 Å². The van der Waals surface area contributed by atoms with Crippen LogP contribution in [0.2, 0.25) is 0 Å². The second-order valence-electron chi connectivity index (χ2n) is 8.68. The predicted molar refractivity (Wildman–Crippen MR) is 112 cm³/mol. The number of fused-ring (bicyclic) bond motifs is 1. The number of rotatable bonds is 6. The van der Waals surface area contributed by atoms with Gasteiger partial charge in [0, 0.05) is 44.7 Å². The first kappa shape index (κ1) is 20.6. The molecule has 0 amide bonds. The molecule has 162 valence electrons. The molecule has 0 bridgehead atoms. The summed E-state index contributed by atoms with van der Waals surface area (Å²) in [5.41, 5.74) is 0.284. The topological polar surface area (TPSA) is 85.6 Å². The molecule has 29 heavy (non-hydrogen) atoms. The number of guanidine groups is 1. The Morgan fingerprint density at radius 2 is 2.10 bits per heavy atom. The Hall–Kier alpha value is -1.67. The quantitative estimate of drug-likeness (QED) is 0.557. The van der Waals surface area contributed by atoms with E-state index in [-0.39, 0.29) is 5.41 Å². The predicted octanol–water partition coefficient (Wildman–Crippen LogP) is 2.03. The van der Waals surface area contributed by atoms with Crippen LogP contribution < -0.4 is 10.6 Å². The summed E-state index contributed by atoms with van der Waals surface area (Å²) in [5.74, 6) is 2.72. The van der Waals surface area contributed by atoms with Gasteiger partial charge in [-0.1, -0.05) is 19.3 Å². The van der Waals surface area contributed by atoms with Crippen molar-refractivity contribution in [3.05, 3.63) is 11.6 Å². The van der Waals surface area contributed by atoms with Gasteiger partial charge in [-0.3, -0.25) is 4.99 Å². The molecular weight excluding hydrogens is 368 g/mol. The van der Waals surface area contributed by atoms with Crippen LogP contribution in [0, 0.1) is 5.41 Å². The number of hydrogen-bond acceptors (Lipinski definition) is 5. The van der Waals surface area contributed by atoms with Gasteiger partial charge in [-0.15, -0.1) is 0 Å². The molecule has 3 atom stereocenters. The Morgan fingerprint density at radius 1 is 1.28 bits per heavy atom. The second kappa shape index (κ2) is 9.00. The van der Waals surface area contributed by atoms with Crippen molar-refractivity contribution < 1.29 is 9.47 Å². The number of nitrogens with zero attached hydrogens (tertiary/aromatic N) is 4. The highest BCUT2D eigenvalue weighted by Crippen LogP contribution is 2.53. The zero-order valence-electron chi connectivity index (χ0n) is 18.1. The summed E-state index contributed by atoms with van der Waals surface area (Å²) >= 11 is 0. The number of aliphatic imine (C=N–C) groups is 1. The second-order valence-corrected chi connectivity index (χ2v) is 8.68. The summed E-state index contributed by atoms with van der Waals surface area (Å²) < 4.78 is 13.3. The molecule has 2 heterocycles. The molecular formula is C21H36N6O2. The highest BCUT2D eigenvalue weighted by Gasteiger charge is 2.55. The molecule has 2 aliphatic carbocycles. The van der Waals surface area contributed by atoms with E-state index in [0.29, 0.717) is 24.8 Å². The molecule has 1 aromatic heterocycles. The lowest BCUT2D eigenvalue weighted by atomic mass is 9.55. The van der Waals surface area contributed by atoms with Crippen LogP contribution in [0.1, 0.15) is 63.5 Å². The number of methoxy groups -OCH3 is 1. The summed E-state index contributed by atoms with van der Waals surface area (Å²) in [5, 5.41) is 12.0. The van der Waals surface area contributed by atoms with Gasteiger partial charge in [0.15, 0.2) is 11.8 Å². The number of ether oxygens (including phenoxy) is 2. The highest BCUT2D eigenvalue weighted by atomic mass is 16.5. The molecule has 0 aromatic carbocycles. The van der Waals surface area contributed by atoms with E-state index in [1.807, 2.05) is 11.7 Å². The standard InChI is InChI=1S/C21H36N6O2/c1-4-29-17-12-16(21(17)10-6-5-7-11-21)24-20(22-2)23-15-8-9-19-25-18(14-28-3)26-27(19)13-15/h15-17H,4-14H2,1-3H3,(H2,22,23,24). The third-order valence-corrected chi connectivity index (χ3v) is 6.99. The fourth-order valence-electron chi connectivity index (χ4n) is 5.46. The first-order valence-electron chi connectivity index (χ1n) is 11.2. The van der Waals surface area contributed by atoms with Gasteiger partial charge in [0.25, 0.3) is 0 Å². The third-order valence-electron chi connectivity index (χ3n) is 6.99. The van der Waals surface area contributed by atoms with E-state index in [1.165, 1.54) is 32.1 Å². The molecule has 1 aromatic rings. The lowest BCUT2D eigenvalue weighted by Gasteiger charge is -2.58.